The van der Waals surface area contributed by atoms with Gasteiger partial charge in [0, 0.05) is 37.8 Å². The highest BCUT2D eigenvalue weighted by atomic mass is 32.2. The quantitative estimate of drug-likeness (QED) is 0.804. The molecule has 27 heavy (non-hydrogen) atoms. The third kappa shape index (κ3) is 3.86. The summed E-state index contributed by atoms with van der Waals surface area (Å²) in [7, 11) is -3.78. The van der Waals surface area contributed by atoms with Gasteiger partial charge in [-0.05, 0) is 37.3 Å². The lowest BCUT2D eigenvalue weighted by molar-refractivity contribution is 0.143. The first-order valence-corrected chi connectivity index (χ1v) is 9.97. The Balaban J connectivity index is 1.75. The molecule has 1 saturated heterocycles. The van der Waals surface area contributed by atoms with Crippen molar-refractivity contribution in [2.24, 2.45) is 0 Å². The van der Waals surface area contributed by atoms with Crippen LogP contribution >= 0.6 is 0 Å². The molecular formula is C19H19F2N3O2S. The van der Waals surface area contributed by atoms with E-state index in [1.807, 2.05) is 11.0 Å². The van der Waals surface area contributed by atoms with E-state index in [1.165, 1.54) is 22.5 Å². The fourth-order valence-corrected chi connectivity index (χ4v) is 4.85. The maximum Gasteiger partial charge on any atom is 0.244 e. The molecule has 2 aromatic rings. The van der Waals surface area contributed by atoms with E-state index in [0.29, 0.717) is 13.1 Å². The predicted molar refractivity (Wildman–Crippen MR) is 96.3 cm³/mol. The summed E-state index contributed by atoms with van der Waals surface area (Å²) in [4.78, 5) is 1.91. The molecule has 0 aromatic heterocycles. The lowest BCUT2D eigenvalue weighted by Crippen LogP contribution is -2.49. The summed E-state index contributed by atoms with van der Waals surface area (Å²) in [6.07, 6.45) is 0. The van der Waals surface area contributed by atoms with Crippen LogP contribution in [-0.4, -0.2) is 43.8 Å². The van der Waals surface area contributed by atoms with Crippen LogP contribution in [0, 0.1) is 23.0 Å². The SMILES string of the molecule is CC(c1cc(F)ccc1F)N1CCN(S(=O)(=O)c2ccccc2C#N)CC1. The van der Waals surface area contributed by atoms with E-state index in [4.69, 9.17) is 5.26 Å². The summed E-state index contributed by atoms with van der Waals surface area (Å²) in [6, 6.07) is 11.0. The second-order valence-electron chi connectivity index (χ2n) is 6.39. The van der Waals surface area contributed by atoms with Gasteiger partial charge in [-0.15, -0.1) is 0 Å². The molecule has 0 radical (unpaired) electrons. The van der Waals surface area contributed by atoms with Gasteiger partial charge in [-0.1, -0.05) is 12.1 Å². The third-order valence-corrected chi connectivity index (χ3v) is 6.81. The molecule has 0 amide bonds. The van der Waals surface area contributed by atoms with Gasteiger partial charge in [0.05, 0.1) is 10.5 Å². The molecule has 0 N–H and O–H groups in total. The van der Waals surface area contributed by atoms with Gasteiger partial charge in [0.15, 0.2) is 0 Å². The highest BCUT2D eigenvalue weighted by Crippen LogP contribution is 2.27. The number of piperazine rings is 1. The summed E-state index contributed by atoms with van der Waals surface area (Å²) in [5.74, 6) is -0.991. The smallest absolute Gasteiger partial charge is 0.244 e. The lowest BCUT2D eigenvalue weighted by atomic mass is 10.1. The zero-order chi connectivity index (χ0) is 19.6. The first-order chi connectivity index (χ1) is 12.8. The molecular weight excluding hydrogens is 372 g/mol. The van der Waals surface area contributed by atoms with Crippen LogP contribution in [0.5, 0.6) is 0 Å². The second-order valence-corrected chi connectivity index (χ2v) is 8.30. The van der Waals surface area contributed by atoms with Crippen molar-refractivity contribution in [3.63, 3.8) is 0 Å². The highest BCUT2D eigenvalue weighted by Gasteiger charge is 2.32. The van der Waals surface area contributed by atoms with Crippen molar-refractivity contribution in [1.82, 2.24) is 9.21 Å². The number of hydrogen-bond acceptors (Lipinski definition) is 4. The molecule has 0 aliphatic carbocycles. The van der Waals surface area contributed by atoms with Gasteiger partial charge in [0.2, 0.25) is 10.0 Å². The van der Waals surface area contributed by atoms with Gasteiger partial charge >= 0.3 is 0 Å². The average molecular weight is 391 g/mol. The molecule has 1 heterocycles. The standard InChI is InChI=1S/C19H19F2N3O2S/c1-14(17-12-16(20)6-7-18(17)21)23-8-10-24(11-9-23)27(25,26)19-5-3-2-4-15(19)13-22/h2-7,12,14H,8-11H2,1H3. The first kappa shape index (κ1) is 19.4. The van der Waals surface area contributed by atoms with E-state index in [9.17, 15) is 17.2 Å². The van der Waals surface area contributed by atoms with E-state index >= 15 is 0 Å². The molecule has 0 spiro atoms. The number of hydrogen-bond donors (Lipinski definition) is 0. The number of benzene rings is 2. The van der Waals surface area contributed by atoms with Crippen LogP contribution in [0.4, 0.5) is 8.78 Å². The average Bonchev–Trinajstić information content (AvgIpc) is 2.69. The molecule has 1 unspecified atom stereocenters. The van der Waals surface area contributed by atoms with Crippen LogP contribution in [0.2, 0.25) is 0 Å². The van der Waals surface area contributed by atoms with Crippen LogP contribution in [0.25, 0.3) is 0 Å². The molecule has 142 valence electrons. The van der Waals surface area contributed by atoms with Gasteiger partial charge in [-0.2, -0.15) is 9.57 Å². The maximum absolute atomic E-state index is 14.0. The Hall–Kier alpha value is -2.34. The van der Waals surface area contributed by atoms with E-state index in [0.717, 1.165) is 12.1 Å². The molecule has 2 aromatic carbocycles. The zero-order valence-electron chi connectivity index (χ0n) is 14.8. The molecule has 3 rings (SSSR count). The van der Waals surface area contributed by atoms with Gasteiger partial charge < -0.3 is 0 Å². The number of nitrogens with zero attached hydrogens (tertiary/aromatic N) is 3. The van der Waals surface area contributed by atoms with Gasteiger partial charge in [0.1, 0.15) is 17.7 Å². The summed E-state index contributed by atoms with van der Waals surface area (Å²) in [6.45, 7) is 2.95. The zero-order valence-corrected chi connectivity index (χ0v) is 15.6. The van der Waals surface area contributed by atoms with Crippen molar-refractivity contribution >= 4 is 10.0 Å². The molecule has 1 aliphatic rings. The van der Waals surface area contributed by atoms with Crippen molar-refractivity contribution < 1.29 is 17.2 Å². The Kier molecular flexibility index (Phi) is 5.56. The minimum absolute atomic E-state index is 0.00910. The van der Waals surface area contributed by atoms with Crippen molar-refractivity contribution in [3.05, 3.63) is 65.2 Å². The molecule has 5 nitrogen and oxygen atoms in total. The Morgan fingerprint density at radius 3 is 2.41 bits per heavy atom. The van der Waals surface area contributed by atoms with Crippen LogP contribution in [0.15, 0.2) is 47.4 Å². The van der Waals surface area contributed by atoms with Crippen LogP contribution in [0.3, 0.4) is 0 Å². The molecule has 1 fully saturated rings. The summed E-state index contributed by atoms with van der Waals surface area (Å²) < 4.78 is 54.5. The predicted octanol–water partition coefficient (Wildman–Crippen LogP) is 2.90. The number of nitriles is 1. The Morgan fingerprint density at radius 2 is 1.74 bits per heavy atom. The van der Waals surface area contributed by atoms with Gasteiger partial charge in [-0.3, -0.25) is 4.90 Å². The van der Waals surface area contributed by atoms with E-state index in [2.05, 4.69) is 0 Å². The fraction of sp³-hybridized carbons (Fsp3) is 0.316. The second kappa shape index (κ2) is 7.72. The van der Waals surface area contributed by atoms with Crippen LogP contribution in [-0.2, 0) is 10.0 Å². The minimum atomic E-state index is -3.78. The largest absolute Gasteiger partial charge is 0.294 e. The molecule has 1 atom stereocenters. The van der Waals surface area contributed by atoms with Crippen LogP contribution in [0.1, 0.15) is 24.1 Å². The monoisotopic (exact) mass is 391 g/mol. The van der Waals surface area contributed by atoms with E-state index in [-0.39, 0.29) is 35.2 Å². The highest BCUT2D eigenvalue weighted by molar-refractivity contribution is 7.89. The minimum Gasteiger partial charge on any atom is -0.294 e. The fourth-order valence-electron chi connectivity index (χ4n) is 3.29. The van der Waals surface area contributed by atoms with Gasteiger partial charge in [-0.25, -0.2) is 17.2 Å². The number of sulfonamides is 1. The summed E-state index contributed by atoms with van der Waals surface area (Å²) in [5.41, 5.74) is 0.358. The first-order valence-electron chi connectivity index (χ1n) is 8.53. The number of halogens is 2. The number of rotatable bonds is 4. The Labute approximate surface area is 157 Å². The molecule has 1 aliphatic heterocycles. The van der Waals surface area contributed by atoms with E-state index < -0.39 is 21.7 Å². The topological polar surface area (TPSA) is 64.4 Å². The third-order valence-electron chi connectivity index (χ3n) is 4.85. The summed E-state index contributed by atoms with van der Waals surface area (Å²) in [5, 5.41) is 9.16. The Morgan fingerprint density at radius 1 is 1.07 bits per heavy atom. The van der Waals surface area contributed by atoms with Crippen molar-refractivity contribution in [2.75, 3.05) is 26.2 Å². The van der Waals surface area contributed by atoms with Crippen LogP contribution < -0.4 is 0 Å². The normalized spacial score (nSPS) is 17.4. The van der Waals surface area contributed by atoms with Crippen molar-refractivity contribution in [2.45, 2.75) is 17.9 Å². The van der Waals surface area contributed by atoms with Gasteiger partial charge in [0.25, 0.3) is 0 Å². The maximum atomic E-state index is 14.0. The molecule has 8 heteroatoms. The molecule has 0 bridgehead atoms. The molecule has 0 saturated carbocycles. The lowest BCUT2D eigenvalue weighted by Gasteiger charge is -2.37. The summed E-state index contributed by atoms with van der Waals surface area (Å²) >= 11 is 0. The van der Waals surface area contributed by atoms with Crippen molar-refractivity contribution in [1.29, 1.82) is 5.26 Å². The van der Waals surface area contributed by atoms with E-state index in [1.54, 1.807) is 19.1 Å². The Bertz CT molecular complexity index is 981. The van der Waals surface area contributed by atoms with Crippen molar-refractivity contribution in [3.8, 4) is 6.07 Å².